The molecule has 0 saturated carbocycles. The maximum atomic E-state index is 12.6. The van der Waals surface area contributed by atoms with Crippen LogP contribution in [0.1, 0.15) is 36.3 Å². The number of carbonyl (C=O) groups excluding carboxylic acids is 2. The van der Waals surface area contributed by atoms with Crippen molar-refractivity contribution in [1.29, 1.82) is 0 Å². The van der Waals surface area contributed by atoms with Gasteiger partial charge in [0.2, 0.25) is 5.91 Å². The van der Waals surface area contributed by atoms with Crippen molar-refractivity contribution in [1.82, 2.24) is 15.2 Å². The first-order valence-electron chi connectivity index (χ1n) is 8.84. The van der Waals surface area contributed by atoms with E-state index < -0.39 is 5.60 Å². The van der Waals surface area contributed by atoms with Gasteiger partial charge in [-0.25, -0.2) is 0 Å². The minimum atomic E-state index is -1.08. The second-order valence-electron chi connectivity index (χ2n) is 6.86. The molecule has 1 fully saturated rings. The largest absolute Gasteiger partial charge is 0.494 e. The Hall–Kier alpha value is -2.54. The van der Waals surface area contributed by atoms with Crippen LogP contribution in [0, 0.1) is 6.92 Å². The standard InChI is InChI=1S/C19H25N3O4/c1-4-26-14-5-6-16-15(9-14)12(2)17(21-16)18(24)20-10-19(25)7-8-22(11-19)13(3)23/h5-6,9,21,25H,4,7-8,10-11H2,1-3H3,(H,20,24). The third kappa shape index (κ3) is 3.53. The topological polar surface area (TPSA) is 94.7 Å². The average molecular weight is 359 g/mol. The molecule has 7 nitrogen and oxygen atoms in total. The number of fused-ring (bicyclic) bond motifs is 1. The molecule has 0 spiro atoms. The van der Waals surface area contributed by atoms with Crippen molar-refractivity contribution in [3.63, 3.8) is 0 Å². The van der Waals surface area contributed by atoms with Gasteiger partial charge >= 0.3 is 0 Å². The number of β-amino-alcohol motifs (C(OH)–C–C–N with tert-alkyl or cyclic N) is 1. The van der Waals surface area contributed by atoms with Crippen molar-refractivity contribution < 1.29 is 19.4 Å². The molecule has 0 bridgehead atoms. The van der Waals surface area contributed by atoms with Crippen LogP contribution >= 0.6 is 0 Å². The van der Waals surface area contributed by atoms with Gasteiger partial charge in [-0.3, -0.25) is 9.59 Å². The molecule has 1 aliphatic heterocycles. The molecule has 3 N–H and O–H groups in total. The number of ether oxygens (including phenoxy) is 1. The molecule has 2 aromatic rings. The quantitative estimate of drug-likeness (QED) is 0.756. The van der Waals surface area contributed by atoms with Gasteiger partial charge in [-0.2, -0.15) is 0 Å². The predicted molar refractivity (Wildman–Crippen MR) is 98.4 cm³/mol. The SMILES string of the molecule is CCOc1ccc2[nH]c(C(=O)NCC3(O)CCN(C(C)=O)C3)c(C)c2c1. The minimum absolute atomic E-state index is 0.0659. The maximum Gasteiger partial charge on any atom is 0.268 e. The summed E-state index contributed by atoms with van der Waals surface area (Å²) in [6, 6.07) is 5.66. The van der Waals surface area contributed by atoms with Crippen LogP contribution in [0.25, 0.3) is 10.9 Å². The molecule has 3 rings (SSSR count). The highest BCUT2D eigenvalue weighted by Gasteiger charge is 2.37. The van der Waals surface area contributed by atoms with Gasteiger partial charge in [-0.15, -0.1) is 0 Å². The predicted octanol–water partition coefficient (Wildman–Crippen LogP) is 1.59. The molecule has 0 aliphatic carbocycles. The number of benzene rings is 1. The normalized spacial score (nSPS) is 19.8. The Morgan fingerprint density at radius 3 is 2.85 bits per heavy atom. The summed E-state index contributed by atoms with van der Waals surface area (Å²) < 4.78 is 5.52. The Kier molecular flexibility index (Phi) is 4.91. The smallest absolute Gasteiger partial charge is 0.268 e. The molecular weight excluding hydrogens is 334 g/mol. The molecule has 140 valence electrons. The lowest BCUT2D eigenvalue weighted by atomic mass is 10.0. The third-order valence-corrected chi connectivity index (χ3v) is 4.92. The van der Waals surface area contributed by atoms with Crippen LogP contribution in [0.4, 0.5) is 0 Å². The van der Waals surface area contributed by atoms with E-state index in [1.54, 1.807) is 4.90 Å². The lowest BCUT2D eigenvalue weighted by molar-refractivity contribution is -0.128. The van der Waals surface area contributed by atoms with E-state index in [1.165, 1.54) is 6.92 Å². The van der Waals surface area contributed by atoms with Gasteiger partial charge in [0.25, 0.3) is 5.91 Å². The van der Waals surface area contributed by atoms with Gasteiger partial charge in [0, 0.05) is 30.9 Å². The van der Waals surface area contributed by atoms with E-state index in [4.69, 9.17) is 4.74 Å². The van der Waals surface area contributed by atoms with Crippen LogP contribution in [-0.4, -0.2) is 58.6 Å². The molecule has 1 atom stereocenters. The zero-order valence-corrected chi connectivity index (χ0v) is 15.4. The molecular formula is C19H25N3O4. The summed E-state index contributed by atoms with van der Waals surface area (Å²) in [5.41, 5.74) is 1.09. The fourth-order valence-corrected chi connectivity index (χ4v) is 3.39. The zero-order valence-electron chi connectivity index (χ0n) is 15.4. The molecule has 1 unspecified atom stereocenters. The van der Waals surface area contributed by atoms with Gasteiger partial charge < -0.3 is 25.0 Å². The number of carbonyl (C=O) groups is 2. The lowest BCUT2D eigenvalue weighted by Gasteiger charge is -2.23. The summed E-state index contributed by atoms with van der Waals surface area (Å²) in [7, 11) is 0. The van der Waals surface area contributed by atoms with E-state index in [2.05, 4.69) is 10.3 Å². The summed E-state index contributed by atoms with van der Waals surface area (Å²) in [6.07, 6.45) is 0.455. The summed E-state index contributed by atoms with van der Waals surface area (Å²) in [5, 5.41) is 14.3. The second-order valence-corrected chi connectivity index (χ2v) is 6.86. The van der Waals surface area contributed by atoms with E-state index in [0.29, 0.717) is 25.3 Å². The molecule has 2 heterocycles. The first-order valence-corrected chi connectivity index (χ1v) is 8.84. The molecule has 1 aromatic carbocycles. The Balaban J connectivity index is 1.72. The zero-order chi connectivity index (χ0) is 18.9. The van der Waals surface area contributed by atoms with E-state index in [9.17, 15) is 14.7 Å². The van der Waals surface area contributed by atoms with Crippen molar-refractivity contribution in [2.75, 3.05) is 26.2 Å². The highest BCUT2D eigenvalue weighted by Crippen LogP contribution is 2.26. The molecule has 1 aliphatic rings. The van der Waals surface area contributed by atoms with Gasteiger partial charge in [0.15, 0.2) is 0 Å². The van der Waals surface area contributed by atoms with Crippen LogP contribution in [0.5, 0.6) is 5.75 Å². The number of aromatic nitrogens is 1. The van der Waals surface area contributed by atoms with Crippen molar-refractivity contribution in [3.8, 4) is 5.75 Å². The Morgan fingerprint density at radius 2 is 2.19 bits per heavy atom. The van der Waals surface area contributed by atoms with Crippen LogP contribution in [-0.2, 0) is 4.79 Å². The van der Waals surface area contributed by atoms with Crippen LogP contribution < -0.4 is 10.1 Å². The Bertz CT molecular complexity index is 845. The van der Waals surface area contributed by atoms with Gasteiger partial charge in [0.05, 0.1) is 13.2 Å². The van der Waals surface area contributed by atoms with Crippen LogP contribution in [0.3, 0.4) is 0 Å². The molecule has 1 aromatic heterocycles. The minimum Gasteiger partial charge on any atom is -0.494 e. The maximum absolute atomic E-state index is 12.6. The van der Waals surface area contributed by atoms with Crippen molar-refractivity contribution in [2.45, 2.75) is 32.8 Å². The number of H-pyrrole nitrogens is 1. The van der Waals surface area contributed by atoms with E-state index >= 15 is 0 Å². The molecule has 1 saturated heterocycles. The molecule has 2 amide bonds. The van der Waals surface area contributed by atoms with Gasteiger partial charge in [0.1, 0.15) is 17.0 Å². The van der Waals surface area contributed by atoms with E-state index in [-0.39, 0.29) is 24.9 Å². The highest BCUT2D eigenvalue weighted by molar-refractivity contribution is 6.01. The number of nitrogens with one attached hydrogen (secondary N) is 2. The number of aliphatic hydroxyl groups is 1. The Labute approximate surface area is 152 Å². The first-order chi connectivity index (χ1) is 12.3. The van der Waals surface area contributed by atoms with Gasteiger partial charge in [-0.1, -0.05) is 0 Å². The monoisotopic (exact) mass is 359 g/mol. The average Bonchev–Trinajstić information content (AvgIpc) is 3.15. The number of amides is 2. The lowest BCUT2D eigenvalue weighted by Crippen LogP contribution is -2.45. The molecule has 7 heteroatoms. The second kappa shape index (κ2) is 6.99. The Morgan fingerprint density at radius 1 is 1.42 bits per heavy atom. The highest BCUT2D eigenvalue weighted by atomic mass is 16.5. The van der Waals surface area contributed by atoms with Crippen molar-refractivity contribution in [2.24, 2.45) is 0 Å². The summed E-state index contributed by atoms with van der Waals surface area (Å²) >= 11 is 0. The fraction of sp³-hybridized carbons (Fsp3) is 0.474. The van der Waals surface area contributed by atoms with E-state index in [1.807, 2.05) is 32.0 Å². The number of hydrogen-bond donors (Lipinski definition) is 3. The summed E-state index contributed by atoms with van der Waals surface area (Å²) in [6.45, 7) is 6.72. The van der Waals surface area contributed by atoms with Crippen LogP contribution in [0.15, 0.2) is 18.2 Å². The first kappa shape index (κ1) is 18.3. The number of rotatable bonds is 5. The summed E-state index contributed by atoms with van der Waals surface area (Å²) in [4.78, 5) is 28.7. The van der Waals surface area contributed by atoms with Crippen molar-refractivity contribution in [3.05, 3.63) is 29.5 Å². The number of hydrogen-bond acceptors (Lipinski definition) is 4. The molecule has 26 heavy (non-hydrogen) atoms. The third-order valence-electron chi connectivity index (χ3n) is 4.92. The number of likely N-dealkylation sites (tertiary alicyclic amines) is 1. The molecule has 0 radical (unpaired) electrons. The van der Waals surface area contributed by atoms with Gasteiger partial charge in [-0.05, 0) is 44.0 Å². The number of aromatic amines is 1. The van der Waals surface area contributed by atoms with E-state index in [0.717, 1.165) is 22.2 Å². The number of nitrogens with zero attached hydrogens (tertiary/aromatic N) is 1. The number of aryl methyl sites for hydroxylation is 1. The summed E-state index contributed by atoms with van der Waals surface area (Å²) in [5.74, 6) is 0.425. The van der Waals surface area contributed by atoms with Crippen molar-refractivity contribution >= 4 is 22.7 Å². The van der Waals surface area contributed by atoms with Crippen LogP contribution in [0.2, 0.25) is 0 Å². The fourth-order valence-electron chi connectivity index (χ4n) is 3.39.